The lowest BCUT2D eigenvalue weighted by Crippen LogP contribution is -2.34. The maximum atomic E-state index is 13.8. The van der Waals surface area contributed by atoms with Gasteiger partial charge in [0.15, 0.2) is 0 Å². The molecule has 1 amide bonds. The Morgan fingerprint density at radius 1 is 1.46 bits per heavy atom. The van der Waals surface area contributed by atoms with Crippen molar-refractivity contribution in [1.29, 1.82) is 0 Å². The summed E-state index contributed by atoms with van der Waals surface area (Å²) in [6, 6.07) is 5.09. The van der Waals surface area contributed by atoms with Crippen molar-refractivity contribution in [3.63, 3.8) is 0 Å². The summed E-state index contributed by atoms with van der Waals surface area (Å²) in [5.74, 6) is 0.469. The number of hydrogen-bond donors (Lipinski definition) is 1. The second-order valence-electron chi connectivity index (χ2n) is 8.67. The number of carbonyl (C=O) groups is 1. The zero-order valence-corrected chi connectivity index (χ0v) is 15.7. The van der Waals surface area contributed by atoms with Gasteiger partial charge in [0.05, 0.1) is 6.04 Å². The van der Waals surface area contributed by atoms with E-state index in [-0.39, 0.29) is 23.2 Å². The van der Waals surface area contributed by atoms with Crippen molar-refractivity contribution in [2.45, 2.75) is 56.9 Å². The summed E-state index contributed by atoms with van der Waals surface area (Å²) in [5.41, 5.74) is 3.69. The largest absolute Gasteiger partial charge is 0.349 e. The molecule has 1 saturated carbocycles. The maximum Gasteiger partial charge on any atom is 0.217 e. The van der Waals surface area contributed by atoms with Gasteiger partial charge in [0, 0.05) is 25.4 Å². The van der Waals surface area contributed by atoms with E-state index in [1.165, 1.54) is 36.8 Å². The molecule has 1 N–H and O–H groups in total. The van der Waals surface area contributed by atoms with Crippen LogP contribution in [0.2, 0.25) is 0 Å². The number of hydrogen-bond acceptors (Lipinski definition) is 2. The van der Waals surface area contributed by atoms with Gasteiger partial charge in [-0.2, -0.15) is 0 Å². The third-order valence-electron chi connectivity index (χ3n) is 6.60. The van der Waals surface area contributed by atoms with Crippen molar-refractivity contribution >= 4 is 5.91 Å². The van der Waals surface area contributed by atoms with Crippen LogP contribution in [0.1, 0.15) is 62.6 Å². The number of rotatable bonds is 3. The lowest BCUT2D eigenvalue weighted by Gasteiger charge is -2.30. The molecule has 1 saturated heterocycles. The van der Waals surface area contributed by atoms with Crippen molar-refractivity contribution in [3.8, 4) is 0 Å². The summed E-state index contributed by atoms with van der Waals surface area (Å²) < 4.78 is 13.8. The number of allylic oxidation sites excluding steroid dienone is 1. The monoisotopic (exact) mass is 356 g/mol. The minimum Gasteiger partial charge on any atom is -0.349 e. The van der Waals surface area contributed by atoms with Crippen LogP contribution in [0.5, 0.6) is 0 Å². The lowest BCUT2D eigenvalue weighted by atomic mass is 9.81. The molecule has 1 aromatic rings. The first-order chi connectivity index (χ1) is 12.4. The van der Waals surface area contributed by atoms with E-state index in [9.17, 15) is 9.18 Å². The fraction of sp³-hybridized carbons (Fsp3) is 0.591. The van der Waals surface area contributed by atoms with E-state index >= 15 is 0 Å². The van der Waals surface area contributed by atoms with Gasteiger partial charge in [-0.15, -0.1) is 0 Å². The highest BCUT2D eigenvalue weighted by atomic mass is 19.1. The fourth-order valence-corrected chi connectivity index (χ4v) is 5.56. The van der Waals surface area contributed by atoms with E-state index in [0.717, 1.165) is 44.0 Å². The van der Waals surface area contributed by atoms with Gasteiger partial charge in [0.2, 0.25) is 5.91 Å². The molecule has 3 aliphatic rings. The van der Waals surface area contributed by atoms with Crippen LogP contribution in [-0.4, -0.2) is 30.4 Å². The number of fused-ring (bicyclic) bond motifs is 2. The summed E-state index contributed by atoms with van der Waals surface area (Å²) in [7, 11) is 0. The Morgan fingerprint density at radius 2 is 2.31 bits per heavy atom. The zero-order chi connectivity index (χ0) is 18.3. The number of nitrogens with zero attached hydrogens (tertiary/aromatic N) is 1. The van der Waals surface area contributed by atoms with E-state index in [4.69, 9.17) is 0 Å². The molecule has 1 spiro atoms. The van der Waals surface area contributed by atoms with Crippen molar-refractivity contribution in [1.82, 2.24) is 10.2 Å². The van der Waals surface area contributed by atoms with Gasteiger partial charge in [0.1, 0.15) is 5.82 Å². The number of nitrogens with one attached hydrogen (secondary N) is 1. The Balaban J connectivity index is 1.52. The van der Waals surface area contributed by atoms with Gasteiger partial charge in [0.25, 0.3) is 0 Å². The van der Waals surface area contributed by atoms with Crippen LogP contribution in [0.3, 0.4) is 0 Å². The number of benzene rings is 1. The van der Waals surface area contributed by atoms with Gasteiger partial charge in [-0.3, -0.25) is 4.79 Å². The van der Waals surface area contributed by atoms with E-state index in [1.54, 1.807) is 19.1 Å². The molecule has 2 aliphatic carbocycles. The van der Waals surface area contributed by atoms with Crippen LogP contribution in [0, 0.1) is 11.7 Å². The first-order valence-electron chi connectivity index (χ1n) is 9.91. The normalized spacial score (nSPS) is 31.4. The molecule has 2 fully saturated rings. The van der Waals surface area contributed by atoms with Crippen LogP contribution in [0.4, 0.5) is 4.39 Å². The molecule has 1 aromatic carbocycles. The molecule has 0 radical (unpaired) electrons. The Morgan fingerprint density at radius 3 is 3.08 bits per heavy atom. The van der Waals surface area contributed by atoms with Gasteiger partial charge in [-0.1, -0.05) is 18.2 Å². The quantitative estimate of drug-likeness (QED) is 0.827. The molecule has 4 rings (SSSR count). The van der Waals surface area contributed by atoms with E-state index in [1.807, 2.05) is 6.07 Å². The third-order valence-corrected chi connectivity index (χ3v) is 6.60. The minimum absolute atomic E-state index is 0.0437. The lowest BCUT2D eigenvalue weighted by molar-refractivity contribution is -0.119. The molecule has 0 bridgehead atoms. The molecule has 3 nitrogen and oxygen atoms in total. The molecule has 140 valence electrons. The maximum absolute atomic E-state index is 13.8. The van der Waals surface area contributed by atoms with Crippen molar-refractivity contribution < 1.29 is 9.18 Å². The third kappa shape index (κ3) is 3.32. The second-order valence-corrected chi connectivity index (χ2v) is 8.67. The first kappa shape index (κ1) is 17.7. The van der Waals surface area contributed by atoms with Gasteiger partial charge in [-0.05, 0) is 74.2 Å². The summed E-state index contributed by atoms with van der Waals surface area (Å²) in [6.07, 6.45) is 6.92. The van der Waals surface area contributed by atoms with Crippen LogP contribution in [0.25, 0.3) is 0 Å². The highest BCUT2D eigenvalue weighted by molar-refractivity contribution is 5.74. The highest BCUT2D eigenvalue weighted by Gasteiger charge is 2.48. The van der Waals surface area contributed by atoms with Crippen LogP contribution in [-0.2, 0) is 10.2 Å². The van der Waals surface area contributed by atoms with E-state index in [2.05, 4.69) is 16.8 Å². The number of amides is 1. The summed E-state index contributed by atoms with van der Waals surface area (Å²) in [5, 5.41) is 3.04. The molecular weight excluding hydrogens is 327 g/mol. The SMILES string of the molecule is C=C1CCCC(CN2CCC3(C[C@H](NC(C)=O)c4cc(F)ccc43)C2)C1. The molecule has 2 unspecified atom stereocenters. The standard InChI is InChI=1S/C22H29FN2O/c1-15-4-3-5-17(10-15)13-25-9-8-22(14-25)12-21(24-16(2)26)19-11-18(23)6-7-20(19)22/h6-7,11,17,21H,1,3-5,8-10,12-14H2,2H3,(H,24,26)/t17?,21-,22?/m0/s1. The Bertz CT molecular complexity index is 731. The van der Waals surface area contributed by atoms with E-state index < -0.39 is 0 Å². The van der Waals surface area contributed by atoms with Gasteiger partial charge in [-0.25, -0.2) is 4.39 Å². The Hall–Kier alpha value is -1.68. The van der Waals surface area contributed by atoms with Crippen molar-refractivity contribution in [3.05, 3.63) is 47.3 Å². The molecule has 1 heterocycles. The molecule has 1 aliphatic heterocycles. The minimum atomic E-state index is -0.216. The van der Waals surface area contributed by atoms with Crippen molar-refractivity contribution in [2.24, 2.45) is 5.92 Å². The number of carbonyl (C=O) groups excluding carboxylic acids is 1. The van der Waals surface area contributed by atoms with Crippen LogP contribution in [0.15, 0.2) is 30.4 Å². The summed E-state index contributed by atoms with van der Waals surface area (Å²) >= 11 is 0. The molecule has 26 heavy (non-hydrogen) atoms. The number of likely N-dealkylation sites (tertiary alicyclic amines) is 1. The second kappa shape index (κ2) is 6.80. The average Bonchev–Trinajstić information content (AvgIpc) is 3.09. The predicted molar refractivity (Wildman–Crippen MR) is 101 cm³/mol. The predicted octanol–water partition coefficient (Wildman–Crippen LogP) is 4.10. The molecular formula is C22H29FN2O. The van der Waals surface area contributed by atoms with Gasteiger partial charge >= 0.3 is 0 Å². The molecule has 0 aromatic heterocycles. The van der Waals surface area contributed by atoms with Crippen LogP contribution >= 0.6 is 0 Å². The highest BCUT2D eigenvalue weighted by Crippen LogP contribution is 2.50. The first-order valence-corrected chi connectivity index (χ1v) is 9.91. The Labute approximate surface area is 155 Å². The fourth-order valence-electron chi connectivity index (χ4n) is 5.56. The van der Waals surface area contributed by atoms with Gasteiger partial charge < -0.3 is 10.2 Å². The molecule has 4 heteroatoms. The zero-order valence-electron chi connectivity index (χ0n) is 15.7. The van der Waals surface area contributed by atoms with Crippen molar-refractivity contribution in [2.75, 3.05) is 19.6 Å². The summed E-state index contributed by atoms with van der Waals surface area (Å²) in [4.78, 5) is 14.2. The Kier molecular flexibility index (Phi) is 4.64. The van der Waals surface area contributed by atoms with Crippen LogP contribution < -0.4 is 5.32 Å². The molecule has 3 atom stereocenters. The van der Waals surface area contributed by atoms with E-state index in [0.29, 0.717) is 0 Å². The average molecular weight is 356 g/mol. The summed E-state index contributed by atoms with van der Waals surface area (Å²) in [6.45, 7) is 8.98. The number of halogens is 1. The smallest absolute Gasteiger partial charge is 0.217 e. The topological polar surface area (TPSA) is 32.3 Å².